The molecule has 2 rings (SSSR count). The van der Waals surface area contributed by atoms with Crippen molar-refractivity contribution in [3.63, 3.8) is 0 Å². The van der Waals surface area contributed by atoms with Gasteiger partial charge in [0.1, 0.15) is 11.9 Å². The van der Waals surface area contributed by atoms with Crippen LogP contribution in [0.3, 0.4) is 0 Å². The highest BCUT2D eigenvalue weighted by Gasteiger charge is 2.31. The standard InChI is InChI=1S/C11H14ClNO/c1-3-9-11(13-2)8-5-4-7(12)6-10(8)14-9/h4-6,9,11,13H,3H2,1-2H3. The Morgan fingerprint density at radius 3 is 2.93 bits per heavy atom. The smallest absolute Gasteiger partial charge is 0.126 e. The molecule has 0 saturated heterocycles. The SMILES string of the molecule is CCC1Oc2cc(Cl)ccc2C1NC. The van der Waals surface area contributed by atoms with Crippen molar-refractivity contribution in [1.82, 2.24) is 5.32 Å². The molecule has 1 heterocycles. The number of hydrogen-bond donors (Lipinski definition) is 1. The third-order valence-electron chi connectivity index (χ3n) is 2.67. The topological polar surface area (TPSA) is 21.3 Å². The monoisotopic (exact) mass is 211 g/mol. The average molecular weight is 212 g/mol. The second kappa shape index (κ2) is 3.79. The molecule has 0 aliphatic carbocycles. The molecule has 0 radical (unpaired) electrons. The highest BCUT2D eigenvalue weighted by Crippen LogP contribution is 2.38. The summed E-state index contributed by atoms with van der Waals surface area (Å²) in [6.45, 7) is 2.13. The average Bonchev–Trinajstić information content (AvgIpc) is 2.54. The van der Waals surface area contributed by atoms with E-state index in [9.17, 15) is 0 Å². The number of halogens is 1. The van der Waals surface area contributed by atoms with Crippen LogP contribution in [0, 0.1) is 0 Å². The van der Waals surface area contributed by atoms with Crippen LogP contribution in [-0.4, -0.2) is 13.2 Å². The maximum atomic E-state index is 5.90. The Kier molecular flexibility index (Phi) is 2.66. The van der Waals surface area contributed by atoms with Crippen molar-refractivity contribution >= 4 is 11.6 Å². The van der Waals surface area contributed by atoms with Crippen LogP contribution in [0.1, 0.15) is 24.9 Å². The Balaban J connectivity index is 2.37. The van der Waals surface area contributed by atoms with E-state index in [2.05, 4.69) is 12.2 Å². The normalized spacial score (nSPS) is 24.5. The zero-order valence-corrected chi connectivity index (χ0v) is 9.14. The van der Waals surface area contributed by atoms with Gasteiger partial charge in [0.2, 0.25) is 0 Å². The van der Waals surface area contributed by atoms with Gasteiger partial charge in [-0.05, 0) is 25.6 Å². The van der Waals surface area contributed by atoms with Crippen molar-refractivity contribution in [2.24, 2.45) is 0 Å². The first kappa shape index (κ1) is 9.81. The molecule has 2 unspecified atom stereocenters. The first-order chi connectivity index (χ1) is 6.76. The summed E-state index contributed by atoms with van der Waals surface area (Å²) < 4.78 is 5.79. The van der Waals surface area contributed by atoms with Crippen molar-refractivity contribution in [1.29, 1.82) is 0 Å². The molecule has 1 N–H and O–H groups in total. The molecule has 1 aromatic carbocycles. The molecule has 1 aromatic rings. The molecule has 2 nitrogen and oxygen atoms in total. The van der Waals surface area contributed by atoms with E-state index in [-0.39, 0.29) is 6.10 Å². The Bertz CT molecular complexity index is 340. The summed E-state index contributed by atoms with van der Waals surface area (Å²) in [6, 6.07) is 6.13. The van der Waals surface area contributed by atoms with Crippen LogP contribution in [0.25, 0.3) is 0 Å². The largest absolute Gasteiger partial charge is 0.488 e. The maximum absolute atomic E-state index is 5.90. The minimum absolute atomic E-state index is 0.230. The Morgan fingerprint density at radius 2 is 2.29 bits per heavy atom. The van der Waals surface area contributed by atoms with Gasteiger partial charge in [0.05, 0.1) is 6.04 Å². The van der Waals surface area contributed by atoms with E-state index in [0.717, 1.165) is 17.2 Å². The highest BCUT2D eigenvalue weighted by molar-refractivity contribution is 6.30. The zero-order chi connectivity index (χ0) is 10.1. The molecule has 0 aromatic heterocycles. The van der Waals surface area contributed by atoms with E-state index >= 15 is 0 Å². The minimum atomic E-state index is 0.230. The second-order valence-corrected chi connectivity index (χ2v) is 3.95. The lowest BCUT2D eigenvalue weighted by Crippen LogP contribution is -2.27. The van der Waals surface area contributed by atoms with Crippen molar-refractivity contribution < 1.29 is 4.74 Å². The number of ether oxygens (including phenoxy) is 1. The van der Waals surface area contributed by atoms with Crippen LogP contribution in [0.5, 0.6) is 5.75 Å². The van der Waals surface area contributed by atoms with Crippen LogP contribution < -0.4 is 10.1 Å². The molecular formula is C11H14ClNO. The van der Waals surface area contributed by atoms with Crippen LogP contribution in [-0.2, 0) is 0 Å². The van der Waals surface area contributed by atoms with Crippen LogP contribution in [0.2, 0.25) is 5.02 Å². The summed E-state index contributed by atoms with van der Waals surface area (Å²) in [7, 11) is 1.96. The second-order valence-electron chi connectivity index (χ2n) is 3.51. The number of benzene rings is 1. The molecular weight excluding hydrogens is 198 g/mol. The van der Waals surface area contributed by atoms with Gasteiger partial charge in [0, 0.05) is 10.6 Å². The van der Waals surface area contributed by atoms with Gasteiger partial charge < -0.3 is 10.1 Å². The van der Waals surface area contributed by atoms with Crippen molar-refractivity contribution in [2.45, 2.75) is 25.5 Å². The number of nitrogens with one attached hydrogen (secondary N) is 1. The number of fused-ring (bicyclic) bond motifs is 1. The van der Waals surface area contributed by atoms with Gasteiger partial charge in [-0.3, -0.25) is 0 Å². The van der Waals surface area contributed by atoms with Crippen LogP contribution in [0.15, 0.2) is 18.2 Å². The fourth-order valence-corrected chi connectivity index (χ4v) is 2.12. The van der Waals surface area contributed by atoms with Gasteiger partial charge in [-0.25, -0.2) is 0 Å². The number of hydrogen-bond acceptors (Lipinski definition) is 2. The fourth-order valence-electron chi connectivity index (χ4n) is 1.96. The Hall–Kier alpha value is -0.730. The Labute approximate surface area is 89.2 Å². The lowest BCUT2D eigenvalue weighted by Gasteiger charge is -2.16. The Morgan fingerprint density at radius 1 is 1.50 bits per heavy atom. The summed E-state index contributed by atoms with van der Waals surface area (Å²) in [5.74, 6) is 0.920. The van der Waals surface area contributed by atoms with Crippen LogP contribution >= 0.6 is 11.6 Å². The zero-order valence-electron chi connectivity index (χ0n) is 8.38. The fraction of sp³-hybridized carbons (Fsp3) is 0.455. The third-order valence-corrected chi connectivity index (χ3v) is 2.91. The van der Waals surface area contributed by atoms with Gasteiger partial charge in [-0.15, -0.1) is 0 Å². The minimum Gasteiger partial charge on any atom is -0.488 e. The lowest BCUT2D eigenvalue weighted by molar-refractivity contribution is 0.189. The number of likely N-dealkylation sites (N-methyl/N-ethyl adjacent to an activating group) is 1. The predicted molar refractivity (Wildman–Crippen MR) is 58.0 cm³/mol. The van der Waals surface area contributed by atoms with Crippen molar-refractivity contribution in [2.75, 3.05) is 7.05 Å². The predicted octanol–water partition coefficient (Wildman–Crippen LogP) is 2.77. The summed E-state index contributed by atoms with van der Waals surface area (Å²) in [5, 5.41) is 4.00. The van der Waals surface area contributed by atoms with E-state index in [0.29, 0.717) is 6.04 Å². The molecule has 0 bridgehead atoms. The summed E-state index contributed by atoms with van der Waals surface area (Å²) in [6.07, 6.45) is 1.23. The molecule has 2 atom stereocenters. The molecule has 0 amide bonds. The van der Waals surface area contributed by atoms with Gasteiger partial charge >= 0.3 is 0 Å². The maximum Gasteiger partial charge on any atom is 0.126 e. The third kappa shape index (κ3) is 1.49. The van der Waals surface area contributed by atoms with Gasteiger partial charge in [-0.2, -0.15) is 0 Å². The molecule has 14 heavy (non-hydrogen) atoms. The van der Waals surface area contributed by atoms with E-state index in [4.69, 9.17) is 16.3 Å². The van der Waals surface area contributed by atoms with Crippen molar-refractivity contribution in [3.05, 3.63) is 28.8 Å². The van der Waals surface area contributed by atoms with Crippen molar-refractivity contribution in [3.8, 4) is 5.75 Å². The molecule has 3 heteroatoms. The first-order valence-electron chi connectivity index (χ1n) is 4.89. The van der Waals surface area contributed by atoms with E-state index < -0.39 is 0 Å². The van der Waals surface area contributed by atoms with Crippen LogP contribution in [0.4, 0.5) is 0 Å². The summed E-state index contributed by atoms with van der Waals surface area (Å²) in [4.78, 5) is 0. The van der Waals surface area contributed by atoms with E-state index in [1.807, 2.05) is 25.2 Å². The molecule has 1 aliphatic rings. The highest BCUT2D eigenvalue weighted by atomic mass is 35.5. The quantitative estimate of drug-likeness (QED) is 0.813. The molecule has 0 spiro atoms. The summed E-state index contributed by atoms with van der Waals surface area (Å²) >= 11 is 5.90. The molecule has 0 saturated carbocycles. The molecule has 76 valence electrons. The summed E-state index contributed by atoms with van der Waals surface area (Å²) in [5.41, 5.74) is 1.21. The lowest BCUT2D eigenvalue weighted by atomic mass is 10.0. The van der Waals surface area contributed by atoms with Gasteiger partial charge in [0.15, 0.2) is 0 Å². The first-order valence-corrected chi connectivity index (χ1v) is 5.27. The van der Waals surface area contributed by atoms with Gasteiger partial charge in [0.25, 0.3) is 0 Å². The van der Waals surface area contributed by atoms with E-state index in [1.165, 1.54) is 5.56 Å². The molecule has 0 fully saturated rings. The molecule has 1 aliphatic heterocycles. The number of rotatable bonds is 2. The van der Waals surface area contributed by atoms with Gasteiger partial charge in [-0.1, -0.05) is 24.6 Å². The van der Waals surface area contributed by atoms with E-state index in [1.54, 1.807) is 0 Å².